The molecule has 0 atom stereocenters. The van der Waals surface area contributed by atoms with Crippen molar-refractivity contribution in [3.8, 4) is 0 Å². The number of para-hydroxylation sites is 1. The molecule has 3 rings (SSSR count). The van der Waals surface area contributed by atoms with E-state index in [1.54, 1.807) is 18.3 Å². The lowest BCUT2D eigenvalue weighted by molar-refractivity contribution is -0.110. The highest BCUT2D eigenvalue weighted by atomic mass is 32.2. The molecule has 1 amide bonds. The summed E-state index contributed by atoms with van der Waals surface area (Å²) in [5.74, 6) is -0.864. The molecular formula is C16H15N5O3S. The molecule has 0 aromatic heterocycles. The summed E-state index contributed by atoms with van der Waals surface area (Å²) in [7, 11) is -3.86. The highest BCUT2D eigenvalue weighted by molar-refractivity contribution is 7.90. The van der Waals surface area contributed by atoms with Gasteiger partial charge in [0.1, 0.15) is 0 Å². The van der Waals surface area contributed by atoms with Crippen molar-refractivity contribution in [3.63, 3.8) is 0 Å². The second-order valence-electron chi connectivity index (χ2n) is 5.25. The summed E-state index contributed by atoms with van der Waals surface area (Å²) in [6, 6.07) is 13.2. The molecular weight excluding hydrogens is 342 g/mol. The van der Waals surface area contributed by atoms with Crippen LogP contribution >= 0.6 is 0 Å². The summed E-state index contributed by atoms with van der Waals surface area (Å²) >= 11 is 0. The van der Waals surface area contributed by atoms with Crippen molar-refractivity contribution in [1.82, 2.24) is 4.72 Å². The number of benzene rings is 2. The van der Waals surface area contributed by atoms with E-state index in [1.165, 1.54) is 12.1 Å². The summed E-state index contributed by atoms with van der Waals surface area (Å²) in [6.45, 7) is 0. The molecule has 0 aliphatic carbocycles. The van der Waals surface area contributed by atoms with Gasteiger partial charge in [0.25, 0.3) is 15.9 Å². The molecule has 128 valence electrons. The van der Waals surface area contributed by atoms with Crippen LogP contribution in [0.4, 0.5) is 11.4 Å². The lowest BCUT2D eigenvalue weighted by Crippen LogP contribution is -2.35. The number of carbonyl (C=O) groups is 1. The minimum Gasteiger partial charge on any atom is -0.369 e. The van der Waals surface area contributed by atoms with E-state index >= 15 is 0 Å². The smallest absolute Gasteiger partial charge is 0.264 e. The normalized spacial score (nSPS) is 14.7. The number of hydrogen-bond acceptors (Lipinski definition) is 5. The van der Waals surface area contributed by atoms with E-state index in [9.17, 15) is 13.2 Å². The van der Waals surface area contributed by atoms with Crippen molar-refractivity contribution >= 4 is 38.8 Å². The Balaban J connectivity index is 1.79. The first-order valence-electron chi connectivity index (χ1n) is 7.21. The Morgan fingerprint density at radius 3 is 2.48 bits per heavy atom. The molecule has 2 aromatic carbocycles. The van der Waals surface area contributed by atoms with Gasteiger partial charge in [-0.15, -0.1) is 0 Å². The lowest BCUT2D eigenvalue weighted by atomic mass is 10.1. The number of hydrogen-bond donors (Lipinski definition) is 5. The third-order valence-electron chi connectivity index (χ3n) is 3.50. The number of nitrogens with one attached hydrogen (secondary N) is 4. The summed E-state index contributed by atoms with van der Waals surface area (Å²) in [5, 5.41) is 12.7. The molecule has 0 fully saturated rings. The Kier molecular flexibility index (Phi) is 4.15. The SMILES string of the molecule is N=C(N)NS(=O)(=O)c1ccc(N/C=C2\C(=O)Nc3ccccc32)cc1. The quantitative estimate of drug-likeness (QED) is 0.319. The highest BCUT2D eigenvalue weighted by Crippen LogP contribution is 2.31. The molecule has 6 N–H and O–H groups in total. The second kappa shape index (κ2) is 6.29. The third kappa shape index (κ3) is 3.45. The number of rotatable bonds is 4. The van der Waals surface area contributed by atoms with Crippen LogP contribution in [0.1, 0.15) is 5.56 Å². The topological polar surface area (TPSA) is 137 Å². The number of fused-ring (bicyclic) bond motifs is 1. The lowest BCUT2D eigenvalue weighted by Gasteiger charge is -2.07. The van der Waals surface area contributed by atoms with E-state index in [0.29, 0.717) is 11.3 Å². The van der Waals surface area contributed by atoms with Crippen LogP contribution in [0.15, 0.2) is 59.6 Å². The Labute approximate surface area is 144 Å². The number of carbonyl (C=O) groups excluding carboxylic acids is 1. The standard InChI is InChI=1S/C16H15N5O3S/c17-16(18)21-25(23,24)11-7-5-10(6-8-11)19-9-13-12-3-1-2-4-14(12)20-15(13)22/h1-9,19H,(H,20,22)(H4,17,18,21)/b13-9-. The van der Waals surface area contributed by atoms with Crippen LogP contribution in [0.3, 0.4) is 0 Å². The van der Waals surface area contributed by atoms with E-state index in [2.05, 4.69) is 10.6 Å². The van der Waals surface area contributed by atoms with Gasteiger partial charge >= 0.3 is 0 Å². The molecule has 2 aromatic rings. The van der Waals surface area contributed by atoms with Gasteiger partial charge in [0.05, 0.1) is 10.5 Å². The molecule has 0 saturated heterocycles. The van der Waals surface area contributed by atoms with E-state index in [1.807, 2.05) is 29.0 Å². The van der Waals surface area contributed by atoms with Crippen LogP contribution in [0, 0.1) is 5.41 Å². The van der Waals surface area contributed by atoms with Crippen molar-refractivity contribution < 1.29 is 13.2 Å². The summed E-state index contributed by atoms with van der Waals surface area (Å²) < 4.78 is 25.7. The molecule has 1 aliphatic rings. The number of nitrogens with two attached hydrogens (primary N) is 1. The van der Waals surface area contributed by atoms with Crippen molar-refractivity contribution in [3.05, 3.63) is 60.3 Å². The first-order valence-corrected chi connectivity index (χ1v) is 8.69. The first-order chi connectivity index (χ1) is 11.9. The van der Waals surface area contributed by atoms with Gasteiger partial charge in [-0.1, -0.05) is 18.2 Å². The zero-order valence-corrected chi connectivity index (χ0v) is 13.7. The molecule has 9 heteroatoms. The highest BCUT2D eigenvalue weighted by Gasteiger charge is 2.23. The molecule has 0 unspecified atom stereocenters. The zero-order chi connectivity index (χ0) is 18.0. The van der Waals surface area contributed by atoms with Crippen molar-refractivity contribution in [1.29, 1.82) is 5.41 Å². The fourth-order valence-electron chi connectivity index (χ4n) is 2.37. The molecule has 1 aliphatic heterocycles. The Morgan fingerprint density at radius 1 is 1.12 bits per heavy atom. The number of sulfonamides is 1. The minimum absolute atomic E-state index is 0.0233. The van der Waals surface area contributed by atoms with Crippen LogP contribution in [0.25, 0.3) is 5.57 Å². The Hall–Kier alpha value is -3.33. The monoisotopic (exact) mass is 357 g/mol. The third-order valence-corrected chi connectivity index (χ3v) is 4.88. The second-order valence-corrected chi connectivity index (χ2v) is 6.93. The predicted octanol–water partition coefficient (Wildman–Crippen LogP) is 1.26. The number of anilines is 2. The van der Waals surface area contributed by atoms with E-state index < -0.39 is 16.0 Å². The van der Waals surface area contributed by atoms with Gasteiger partial charge in [0, 0.05) is 23.1 Å². The number of guanidine groups is 1. The number of amides is 1. The maximum atomic E-state index is 12.0. The van der Waals surface area contributed by atoms with Crippen LogP contribution in [0.2, 0.25) is 0 Å². The fourth-order valence-corrected chi connectivity index (χ4v) is 3.27. The molecule has 1 heterocycles. The molecule has 0 radical (unpaired) electrons. The van der Waals surface area contributed by atoms with Crippen LogP contribution in [0.5, 0.6) is 0 Å². The molecule has 0 spiro atoms. The maximum absolute atomic E-state index is 12.0. The van der Waals surface area contributed by atoms with Gasteiger partial charge in [-0.25, -0.2) is 13.1 Å². The zero-order valence-electron chi connectivity index (χ0n) is 12.9. The Morgan fingerprint density at radius 2 is 1.80 bits per heavy atom. The van der Waals surface area contributed by atoms with Crippen molar-refractivity contribution in [2.45, 2.75) is 4.90 Å². The average molecular weight is 357 g/mol. The minimum atomic E-state index is -3.86. The van der Waals surface area contributed by atoms with E-state index in [-0.39, 0.29) is 10.8 Å². The van der Waals surface area contributed by atoms with Gasteiger partial charge in [-0.2, -0.15) is 0 Å². The molecule has 8 nitrogen and oxygen atoms in total. The van der Waals surface area contributed by atoms with E-state index in [0.717, 1.165) is 11.3 Å². The van der Waals surface area contributed by atoms with Crippen molar-refractivity contribution in [2.75, 3.05) is 10.6 Å². The molecule has 0 bridgehead atoms. The van der Waals surface area contributed by atoms with E-state index in [4.69, 9.17) is 11.1 Å². The van der Waals surface area contributed by atoms with Crippen LogP contribution in [-0.4, -0.2) is 20.3 Å². The summed E-state index contributed by atoms with van der Waals surface area (Å²) in [4.78, 5) is 12.0. The summed E-state index contributed by atoms with van der Waals surface area (Å²) in [5.41, 5.74) is 7.69. The fraction of sp³-hybridized carbons (Fsp3) is 0. The molecule has 25 heavy (non-hydrogen) atoms. The van der Waals surface area contributed by atoms with Gasteiger partial charge < -0.3 is 16.4 Å². The van der Waals surface area contributed by atoms with Gasteiger partial charge in [0.2, 0.25) is 0 Å². The maximum Gasteiger partial charge on any atom is 0.264 e. The van der Waals surface area contributed by atoms with Crippen molar-refractivity contribution in [2.24, 2.45) is 5.73 Å². The van der Waals surface area contributed by atoms with Crippen LogP contribution < -0.4 is 21.1 Å². The Bertz CT molecular complexity index is 981. The largest absolute Gasteiger partial charge is 0.369 e. The summed E-state index contributed by atoms with van der Waals surface area (Å²) in [6.07, 6.45) is 1.57. The predicted molar refractivity (Wildman–Crippen MR) is 95.3 cm³/mol. The average Bonchev–Trinajstić information content (AvgIpc) is 2.87. The van der Waals surface area contributed by atoms with Gasteiger partial charge in [-0.05, 0) is 30.3 Å². The first kappa shape index (κ1) is 16.5. The molecule has 0 saturated carbocycles. The van der Waals surface area contributed by atoms with Gasteiger partial charge in [-0.3, -0.25) is 10.2 Å². The van der Waals surface area contributed by atoms with Gasteiger partial charge in [0.15, 0.2) is 5.96 Å². The van der Waals surface area contributed by atoms with Crippen LogP contribution in [-0.2, 0) is 14.8 Å².